The monoisotopic (exact) mass is 588 g/mol. The second kappa shape index (κ2) is 12.4. The number of benzene rings is 3. The summed E-state index contributed by atoms with van der Waals surface area (Å²) in [7, 11) is -2.79. The Hall–Kier alpha value is -2.41. The quantitative estimate of drug-likeness (QED) is 0.239. The zero-order valence-electron chi connectivity index (χ0n) is 24.5. The lowest BCUT2D eigenvalue weighted by atomic mass is 10.0. The SMILES string of the molecule is C#CCO[C@@H]1[C@H]2OC(C)(C)O[C@H]2[C@@H](CO[Si](c2ccccc2)(c2ccccc2)C(C)(C)C)O[C@H]1Sc1ccccc1. The molecule has 3 aromatic carbocycles. The molecule has 0 aliphatic carbocycles. The number of fused-ring (bicyclic) bond motifs is 1. The van der Waals surface area contributed by atoms with Crippen LogP contribution < -0.4 is 10.4 Å². The summed E-state index contributed by atoms with van der Waals surface area (Å²) in [6, 6.07) is 31.5. The minimum Gasteiger partial charge on any atom is -0.405 e. The Morgan fingerprint density at radius 2 is 1.39 bits per heavy atom. The van der Waals surface area contributed by atoms with Gasteiger partial charge in [-0.05, 0) is 41.4 Å². The average Bonchev–Trinajstić information content (AvgIpc) is 3.29. The zero-order valence-corrected chi connectivity index (χ0v) is 26.3. The predicted octanol–water partition coefficient (Wildman–Crippen LogP) is 5.62. The Morgan fingerprint density at radius 3 is 1.93 bits per heavy atom. The molecule has 2 aliphatic heterocycles. The van der Waals surface area contributed by atoms with Gasteiger partial charge in [-0.15, -0.1) is 6.42 Å². The fourth-order valence-corrected chi connectivity index (χ4v) is 11.7. The highest BCUT2D eigenvalue weighted by molar-refractivity contribution is 7.99. The molecule has 2 heterocycles. The van der Waals surface area contributed by atoms with Crippen LogP contribution in [0.4, 0.5) is 0 Å². The van der Waals surface area contributed by atoms with Crippen LogP contribution in [0.1, 0.15) is 34.6 Å². The minimum atomic E-state index is -2.79. The van der Waals surface area contributed by atoms with Gasteiger partial charge in [-0.1, -0.05) is 117 Å². The van der Waals surface area contributed by atoms with Gasteiger partial charge in [0, 0.05) is 4.90 Å². The second-order valence-corrected chi connectivity index (χ2v) is 17.5. The molecule has 0 aromatic heterocycles. The van der Waals surface area contributed by atoms with Gasteiger partial charge < -0.3 is 23.4 Å². The fourth-order valence-electron chi connectivity index (χ4n) is 5.99. The maximum absolute atomic E-state index is 7.29. The van der Waals surface area contributed by atoms with Crippen LogP contribution in [-0.4, -0.2) is 57.2 Å². The van der Waals surface area contributed by atoms with Gasteiger partial charge in [0.25, 0.3) is 8.32 Å². The van der Waals surface area contributed by atoms with Crippen LogP contribution in [0.25, 0.3) is 0 Å². The zero-order chi connectivity index (χ0) is 29.1. The first-order valence-corrected chi connectivity index (χ1v) is 17.0. The lowest BCUT2D eigenvalue weighted by molar-refractivity contribution is -0.178. The number of terminal acetylenes is 1. The number of ether oxygens (including phenoxy) is 4. The predicted molar refractivity (Wildman–Crippen MR) is 167 cm³/mol. The molecule has 2 saturated heterocycles. The Bertz CT molecular complexity index is 1270. The standard InChI is InChI=1S/C34H40O5SSi/c1-7-23-35-31-30-29(38-34(5,6)39-30)28(37-32(31)40-25-17-11-8-12-18-25)24-36-41(33(2,3)4,26-19-13-9-14-20-26)27-21-15-10-16-22-27/h1,8-22,28-32H,23-24H2,2-6H3/t28-,29+,30+,31-,32+/m1/s1. The van der Waals surface area contributed by atoms with Crippen molar-refractivity contribution in [3.8, 4) is 12.3 Å². The molecule has 2 aliphatic rings. The van der Waals surface area contributed by atoms with Crippen molar-refractivity contribution in [3.63, 3.8) is 0 Å². The molecule has 2 fully saturated rings. The summed E-state index contributed by atoms with van der Waals surface area (Å²) in [6.45, 7) is 11.2. The van der Waals surface area contributed by atoms with Crippen molar-refractivity contribution in [1.82, 2.24) is 0 Å². The third-order valence-electron chi connectivity index (χ3n) is 7.67. The van der Waals surface area contributed by atoms with Crippen LogP contribution in [0.15, 0.2) is 95.9 Å². The molecule has 0 unspecified atom stereocenters. The Balaban J connectivity index is 1.51. The average molecular weight is 589 g/mol. The molecule has 0 spiro atoms. The Morgan fingerprint density at radius 1 is 0.854 bits per heavy atom. The Kier molecular flexibility index (Phi) is 9.12. The third-order valence-corrected chi connectivity index (χ3v) is 13.8. The molecule has 3 aromatic rings. The third kappa shape index (κ3) is 6.35. The van der Waals surface area contributed by atoms with E-state index in [-0.39, 0.29) is 35.4 Å². The molecule has 0 N–H and O–H groups in total. The molecule has 0 amide bonds. The molecule has 41 heavy (non-hydrogen) atoms. The van der Waals surface area contributed by atoms with Crippen LogP contribution in [-0.2, 0) is 23.4 Å². The molecule has 5 nitrogen and oxygen atoms in total. The van der Waals surface area contributed by atoms with E-state index in [1.165, 1.54) is 10.4 Å². The summed E-state index contributed by atoms with van der Waals surface area (Å²) in [4.78, 5) is 1.08. The lowest BCUT2D eigenvalue weighted by Crippen LogP contribution is -2.68. The lowest BCUT2D eigenvalue weighted by Gasteiger charge is -2.46. The maximum Gasteiger partial charge on any atom is 0.261 e. The highest BCUT2D eigenvalue weighted by atomic mass is 32.2. The topological polar surface area (TPSA) is 46.2 Å². The fraction of sp³-hybridized carbons (Fsp3) is 0.412. The molecule has 0 radical (unpaired) electrons. The van der Waals surface area contributed by atoms with Crippen LogP contribution in [0.3, 0.4) is 0 Å². The summed E-state index contributed by atoms with van der Waals surface area (Å²) >= 11 is 1.61. The van der Waals surface area contributed by atoms with Gasteiger partial charge in [-0.25, -0.2) is 0 Å². The van der Waals surface area contributed by atoms with Gasteiger partial charge in [-0.3, -0.25) is 0 Å². The van der Waals surface area contributed by atoms with Crippen molar-refractivity contribution in [2.24, 2.45) is 0 Å². The smallest absolute Gasteiger partial charge is 0.261 e. The normalized spacial score (nSPS) is 25.8. The van der Waals surface area contributed by atoms with Crippen molar-refractivity contribution in [1.29, 1.82) is 0 Å². The van der Waals surface area contributed by atoms with E-state index in [2.05, 4.69) is 99.5 Å². The van der Waals surface area contributed by atoms with Crippen LogP contribution in [0.5, 0.6) is 0 Å². The van der Waals surface area contributed by atoms with E-state index < -0.39 is 20.2 Å². The van der Waals surface area contributed by atoms with Crippen LogP contribution in [0.2, 0.25) is 5.04 Å². The van der Waals surface area contributed by atoms with Crippen molar-refractivity contribution >= 4 is 30.5 Å². The summed E-state index contributed by atoms with van der Waals surface area (Å²) in [5.74, 6) is 1.81. The molecule has 0 bridgehead atoms. The number of hydrogen-bond donors (Lipinski definition) is 0. The molecule has 5 atom stereocenters. The van der Waals surface area contributed by atoms with Crippen molar-refractivity contribution in [3.05, 3.63) is 91.0 Å². The van der Waals surface area contributed by atoms with Crippen LogP contribution >= 0.6 is 11.8 Å². The van der Waals surface area contributed by atoms with Gasteiger partial charge in [0.05, 0.1) is 6.61 Å². The van der Waals surface area contributed by atoms with E-state index in [1.807, 2.05) is 32.0 Å². The summed E-state index contributed by atoms with van der Waals surface area (Å²) < 4.78 is 33.3. The van der Waals surface area contributed by atoms with Crippen LogP contribution in [0, 0.1) is 12.3 Å². The van der Waals surface area contributed by atoms with E-state index in [4.69, 9.17) is 29.8 Å². The van der Waals surface area contributed by atoms with Gasteiger partial charge in [0.1, 0.15) is 36.5 Å². The van der Waals surface area contributed by atoms with E-state index in [0.29, 0.717) is 6.61 Å². The van der Waals surface area contributed by atoms with Gasteiger partial charge >= 0.3 is 0 Å². The van der Waals surface area contributed by atoms with E-state index in [0.717, 1.165) is 4.90 Å². The summed E-state index contributed by atoms with van der Waals surface area (Å²) in [5, 5.41) is 2.29. The number of hydrogen-bond acceptors (Lipinski definition) is 6. The van der Waals surface area contributed by atoms with Gasteiger partial charge in [-0.2, -0.15) is 0 Å². The molecule has 216 valence electrons. The maximum atomic E-state index is 7.29. The molecule has 5 rings (SSSR count). The first-order valence-electron chi connectivity index (χ1n) is 14.2. The Labute approximate surface area is 250 Å². The number of thioether (sulfide) groups is 1. The molecular weight excluding hydrogens is 549 g/mol. The van der Waals surface area contributed by atoms with E-state index in [9.17, 15) is 0 Å². The first-order chi connectivity index (χ1) is 19.6. The molecule has 0 saturated carbocycles. The van der Waals surface area contributed by atoms with Gasteiger partial charge in [0.2, 0.25) is 0 Å². The number of rotatable bonds is 9. The van der Waals surface area contributed by atoms with Gasteiger partial charge in [0.15, 0.2) is 5.79 Å². The highest BCUT2D eigenvalue weighted by Gasteiger charge is 2.57. The molecular formula is C34H40O5SSi. The summed E-state index contributed by atoms with van der Waals surface area (Å²) in [6.07, 6.45) is 4.07. The van der Waals surface area contributed by atoms with E-state index in [1.54, 1.807) is 11.8 Å². The largest absolute Gasteiger partial charge is 0.405 e. The van der Waals surface area contributed by atoms with Crippen molar-refractivity contribution in [2.45, 2.75) is 80.2 Å². The summed E-state index contributed by atoms with van der Waals surface area (Å²) in [5.41, 5.74) is -0.364. The highest BCUT2D eigenvalue weighted by Crippen LogP contribution is 2.44. The van der Waals surface area contributed by atoms with Crippen molar-refractivity contribution in [2.75, 3.05) is 13.2 Å². The second-order valence-electron chi connectivity index (χ2n) is 12.0. The first kappa shape index (κ1) is 30.1. The van der Waals surface area contributed by atoms with E-state index >= 15 is 0 Å². The molecule has 7 heteroatoms. The van der Waals surface area contributed by atoms with Crippen molar-refractivity contribution < 1.29 is 23.4 Å². The minimum absolute atomic E-state index is 0.160.